The van der Waals surface area contributed by atoms with Crippen molar-refractivity contribution in [3.8, 4) is 11.5 Å². The van der Waals surface area contributed by atoms with Gasteiger partial charge in [-0.3, -0.25) is 4.79 Å². The van der Waals surface area contributed by atoms with Crippen molar-refractivity contribution in [3.05, 3.63) is 81.9 Å². The molecule has 0 aliphatic heterocycles. The summed E-state index contributed by atoms with van der Waals surface area (Å²) in [6.07, 6.45) is 0. The average molecular weight is 469 g/mol. The Balaban J connectivity index is 1.64. The average Bonchev–Trinajstić information content (AvgIpc) is 2.78. The van der Waals surface area contributed by atoms with E-state index in [-0.39, 0.29) is 23.8 Å². The number of carbonyl (C=O) groups is 2. The van der Waals surface area contributed by atoms with Gasteiger partial charge in [0.1, 0.15) is 0 Å². The van der Waals surface area contributed by atoms with Gasteiger partial charge in [0, 0.05) is 17.9 Å². The van der Waals surface area contributed by atoms with Crippen molar-refractivity contribution in [2.45, 2.75) is 20.4 Å². The Labute approximate surface area is 197 Å². The molecule has 0 unspecified atom stereocenters. The molecular weight excluding hydrogens is 444 g/mol. The maximum Gasteiger partial charge on any atom is 0.335 e. The van der Waals surface area contributed by atoms with Crippen molar-refractivity contribution in [2.75, 3.05) is 24.4 Å². The number of nitrogens with one attached hydrogen (secondary N) is 2. The van der Waals surface area contributed by atoms with E-state index in [4.69, 9.17) is 26.2 Å². The molecule has 8 heteroatoms. The summed E-state index contributed by atoms with van der Waals surface area (Å²) >= 11 is 6.41. The fraction of sp³-hybridized carbons (Fsp3) is 0.200. The summed E-state index contributed by atoms with van der Waals surface area (Å²) in [4.78, 5) is 23.3. The van der Waals surface area contributed by atoms with Gasteiger partial charge in [-0.15, -0.1) is 0 Å². The number of anilines is 2. The van der Waals surface area contributed by atoms with Gasteiger partial charge in [-0.2, -0.15) is 0 Å². The van der Waals surface area contributed by atoms with Crippen LogP contribution in [-0.2, 0) is 11.3 Å². The number of rotatable bonds is 9. The lowest BCUT2D eigenvalue weighted by Gasteiger charge is -2.15. The number of carbonyl (C=O) groups excluding carboxylic acids is 1. The van der Waals surface area contributed by atoms with Crippen LogP contribution in [0.3, 0.4) is 0 Å². The second kappa shape index (κ2) is 10.7. The Morgan fingerprint density at radius 3 is 2.39 bits per heavy atom. The van der Waals surface area contributed by atoms with Crippen molar-refractivity contribution in [1.29, 1.82) is 0 Å². The molecule has 0 aromatic heterocycles. The second-order valence-electron chi connectivity index (χ2n) is 7.50. The highest BCUT2D eigenvalue weighted by molar-refractivity contribution is 6.32. The molecule has 1 amide bonds. The quantitative estimate of drug-likeness (QED) is 0.394. The SMILES string of the molecule is COc1cc(CNc2ccc(C(=O)O)cc2C)cc(Cl)c1OCC(=O)Nc1ccc(C)cc1. The smallest absolute Gasteiger partial charge is 0.335 e. The number of methoxy groups -OCH3 is 1. The monoisotopic (exact) mass is 468 g/mol. The number of hydrogen-bond donors (Lipinski definition) is 3. The first kappa shape index (κ1) is 23.9. The van der Waals surface area contributed by atoms with E-state index in [0.717, 1.165) is 22.4 Å². The minimum Gasteiger partial charge on any atom is -0.493 e. The summed E-state index contributed by atoms with van der Waals surface area (Å²) in [6, 6.07) is 15.8. The summed E-state index contributed by atoms with van der Waals surface area (Å²) < 4.78 is 11.1. The van der Waals surface area contributed by atoms with E-state index in [1.54, 1.807) is 30.3 Å². The van der Waals surface area contributed by atoms with Crippen LogP contribution in [0.1, 0.15) is 27.0 Å². The van der Waals surface area contributed by atoms with Gasteiger partial charge in [-0.25, -0.2) is 4.79 Å². The minimum absolute atomic E-state index is 0.226. The number of benzene rings is 3. The molecule has 0 spiro atoms. The predicted octanol–water partition coefficient (Wildman–Crippen LogP) is 5.29. The number of carboxylic acids is 1. The molecule has 0 saturated carbocycles. The van der Waals surface area contributed by atoms with Crippen LogP contribution < -0.4 is 20.1 Å². The van der Waals surface area contributed by atoms with Crippen LogP contribution in [0, 0.1) is 13.8 Å². The Kier molecular flexibility index (Phi) is 7.79. The number of ether oxygens (including phenoxy) is 2. The van der Waals surface area contributed by atoms with Crippen LogP contribution in [0.2, 0.25) is 5.02 Å². The molecule has 0 saturated heterocycles. The predicted molar refractivity (Wildman–Crippen MR) is 129 cm³/mol. The molecule has 0 radical (unpaired) electrons. The van der Waals surface area contributed by atoms with Crippen LogP contribution in [0.15, 0.2) is 54.6 Å². The zero-order chi connectivity index (χ0) is 24.0. The van der Waals surface area contributed by atoms with Crippen LogP contribution in [0.4, 0.5) is 11.4 Å². The van der Waals surface area contributed by atoms with E-state index < -0.39 is 5.97 Å². The van der Waals surface area contributed by atoms with Gasteiger partial charge in [0.15, 0.2) is 18.1 Å². The maximum absolute atomic E-state index is 12.2. The van der Waals surface area contributed by atoms with Crippen molar-refractivity contribution in [2.24, 2.45) is 0 Å². The van der Waals surface area contributed by atoms with Gasteiger partial charge in [0.25, 0.3) is 5.91 Å². The summed E-state index contributed by atoms with van der Waals surface area (Å²) in [5.74, 6) is -0.600. The van der Waals surface area contributed by atoms with E-state index in [1.165, 1.54) is 7.11 Å². The van der Waals surface area contributed by atoms with Gasteiger partial charge in [-0.1, -0.05) is 29.3 Å². The number of carboxylic acid groups (broad SMARTS) is 1. The number of amides is 1. The molecular formula is C25H25ClN2O5. The summed E-state index contributed by atoms with van der Waals surface area (Å²) in [6.45, 7) is 4.01. The molecule has 0 heterocycles. The standard InChI is InChI=1S/C25H25ClN2O5/c1-15-4-7-19(8-5-15)28-23(29)14-33-24-20(26)11-17(12-22(24)32-3)13-27-21-9-6-18(25(30)31)10-16(21)2/h4-12,27H,13-14H2,1-3H3,(H,28,29)(H,30,31). The third kappa shape index (κ3) is 6.40. The molecule has 172 valence electrons. The van der Waals surface area contributed by atoms with Crippen LogP contribution >= 0.6 is 11.6 Å². The third-order valence-corrected chi connectivity index (χ3v) is 5.21. The number of halogens is 1. The Morgan fingerprint density at radius 1 is 1.03 bits per heavy atom. The molecule has 3 rings (SSSR count). The summed E-state index contributed by atoms with van der Waals surface area (Å²) in [5, 5.41) is 15.4. The van der Waals surface area contributed by atoms with Crippen molar-refractivity contribution < 1.29 is 24.2 Å². The number of aryl methyl sites for hydroxylation is 2. The first-order valence-corrected chi connectivity index (χ1v) is 10.6. The minimum atomic E-state index is -0.968. The zero-order valence-electron chi connectivity index (χ0n) is 18.6. The van der Waals surface area contributed by atoms with Crippen molar-refractivity contribution in [3.63, 3.8) is 0 Å². The lowest BCUT2D eigenvalue weighted by Crippen LogP contribution is -2.20. The highest BCUT2D eigenvalue weighted by Crippen LogP contribution is 2.36. The Bertz CT molecular complexity index is 1160. The van der Waals surface area contributed by atoms with Gasteiger partial charge in [0.05, 0.1) is 17.7 Å². The van der Waals surface area contributed by atoms with Crippen molar-refractivity contribution in [1.82, 2.24) is 0 Å². The molecule has 33 heavy (non-hydrogen) atoms. The zero-order valence-corrected chi connectivity index (χ0v) is 19.3. The Hall–Kier alpha value is -3.71. The van der Waals surface area contributed by atoms with Gasteiger partial charge < -0.3 is 25.2 Å². The normalized spacial score (nSPS) is 10.4. The molecule has 0 aliphatic rings. The van der Waals surface area contributed by atoms with E-state index in [0.29, 0.717) is 23.0 Å². The van der Waals surface area contributed by atoms with E-state index >= 15 is 0 Å². The van der Waals surface area contributed by atoms with Crippen molar-refractivity contribution >= 4 is 34.9 Å². The highest BCUT2D eigenvalue weighted by atomic mass is 35.5. The van der Waals surface area contributed by atoms with Crippen LogP contribution in [0.25, 0.3) is 0 Å². The molecule has 3 aromatic rings. The molecule has 0 aliphatic carbocycles. The lowest BCUT2D eigenvalue weighted by atomic mass is 10.1. The first-order valence-electron chi connectivity index (χ1n) is 10.2. The summed E-state index contributed by atoms with van der Waals surface area (Å²) in [7, 11) is 1.50. The van der Waals surface area contributed by atoms with Gasteiger partial charge >= 0.3 is 5.97 Å². The largest absolute Gasteiger partial charge is 0.493 e. The Morgan fingerprint density at radius 2 is 1.76 bits per heavy atom. The first-order chi connectivity index (χ1) is 15.8. The molecule has 7 nitrogen and oxygen atoms in total. The molecule has 3 aromatic carbocycles. The fourth-order valence-corrected chi connectivity index (χ4v) is 3.47. The maximum atomic E-state index is 12.2. The van der Waals surface area contributed by atoms with Crippen LogP contribution in [-0.4, -0.2) is 30.7 Å². The summed E-state index contributed by atoms with van der Waals surface area (Å²) in [5.41, 5.74) is 4.46. The van der Waals surface area contributed by atoms with E-state index in [9.17, 15) is 9.59 Å². The topological polar surface area (TPSA) is 96.9 Å². The number of aromatic carboxylic acids is 1. The highest BCUT2D eigenvalue weighted by Gasteiger charge is 2.15. The van der Waals surface area contributed by atoms with Gasteiger partial charge in [0.2, 0.25) is 0 Å². The van der Waals surface area contributed by atoms with Gasteiger partial charge in [-0.05, 0) is 67.4 Å². The lowest BCUT2D eigenvalue weighted by molar-refractivity contribution is -0.118. The molecule has 0 fully saturated rings. The van der Waals surface area contributed by atoms with E-state index in [1.807, 2.05) is 38.1 Å². The fourth-order valence-electron chi connectivity index (χ4n) is 3.18. The third-order valence-electron chi connectivity index (χ3n) is 4.93. The van der Waals surface area contributed by atoms with Crippen LogP contribution in [0.5, 0.6) is 11.5 Å². The molecule has 0 bridgehead atoms. The molecule has 0 atom stereocenters. The second-order valence-corrected chi connectivity index (χ2v) is 7.91. The number of hydrogen-bond acceptors (Lipinski definition) is 5. The molecule has 3 N–H and O–H groups in total. The van der Waals surface area contributed by atoms with E-state index in [2.05, 4.69) is 10.6 Å².